The zero-order chi connectivity index (χ0) is 9.40. The highest BCUT2D eigenvalue weighted by atomic mass is 79.9. The molecule has 0 aromatic rings. The second kappa shape index (κ2) is 7.22. The molecule has 0 aliphatic carbocycles. The normalized spacial score (nSPS) is 12.2. The summed E-state index contributed by atoms with van der Waals surface area (Å²) in [5.74, 6) is 0. The summed E-state index contributed by atoms with van der Waals surface area (Å²) in [4.78, 5) is 2.12. The highest BCUT2D eigenvalue weighted by molar-refractivity contribution is 9.11. The first-order chi connectivity index (χ1) is 5.74. The van der Waals surface area contributed by atoms with Gasteiger partial charge in [0.05, 0.1) is 0 Å². The van der Waals surface area contributed by atoms with Gasteiger partial charge in [0.25, 0.3) is 0 Å². The molecule has 0 amide bonds. The number of hydrogen-bond donors (Lipinski definition) is 1. The van der Waals surface area contributed by atoms with E-state index < -0.39 is 0 Å². The molecule has 0 spiro atoms. The van der Waals surface area contributed by atoms with Gasteiger partial charge in [0.2, 0.25) is 0 Å². The predicted molar refractivity (Wildman–Crippen MR) is 57.9 cm³/mol. The number of nitrogens with zero attached hydrogens (tertiary/aromatic N) is 1. The van der Waals surface area contributed by atoms with Crippen molar-refractivity contribution in [1.29, 1.82) is 0 Å². The van der Waals surface area contributed by atoms with Crippen LogP contribution in [0.25, 0.3) is 0 Å². The smallest absolute Gasteiger partial charge is 0.0192 e. The Morgan fingerprint density at radius 2 is 2.17 bits per heavy atom. The van der Waals surface area contributed by atoms with Gasteiger partial charge in [-0.1, -0.05) is 22.9 Å². The van der Waals surface area contributed by atoms with Crippen molar-refractivity contribution < 1.29 is 0 Å². The lowest BCUT2D eigenvalue weighted by Crippen LogP contribution is -2.10. The Hall–Kier alpha value is -0.440. The van der Waals surface area contributed by atoms with E-state index in [0.29, 0.717) is 0 Å². The van der Waals surface area contributed by atoms with E-state index in [-0.39, 0.29) is 0 Å². The maximum absolute atomic E-state index is 3.48. The third kappa shape index (κ3) is 5.24. The van der Waals surface area contributed by atoms with Crippen molar-refractivity contribution in [2.24, 2.45) is 0 Å². The Morgan fingerprint density at radius 1 is 1.50 bits per heavy atom. The topological polar surface area (TPSA) is 15.3 Å². The van der Waals surface area contributed by atoms with Crippen molar-refractivity contribution in [1.82, 2.24) is 10.2 Å². The number of rotatable bonds is 5. The lowest BCUT2D eigenvalue weighted by Gasteiger charge is -2.12. The number of allylic oxidation sites excluding steroid dienone is 1. The Morgan fingerprint density at radius 3 is 2.58 bits per heavy atom. The first kappa shape index (κ1) is 11.6. The van der Waals surface area contributed by atoms with Gasteiger partial charge >= 0.3 is 0 Å². The zero-order valence-corrected chi connectivity index (χ0v) is 9.56. The summed E-state index contributed by atoms with van der Waals surface area (Å²) in [6.07, 6.45) is 7.05. The molecule has 12 heavy (non-hydrogen) atoms. The molecule has 0 saturated carbocycles. The molecule has 0 heterocycles. The van der Waals surface area contributed by atoms with E-state index in [4.69, 9.17) is 0 Å². The van der Waals surface area contributed by atoms with E-state index in [0.717, 1.165) is 13.0 Å². The molecule has 0 aromatic heterocycles. The van der Waals surface area contributed by atoms with E-state index >= 15 is 0 Å². The standard InChI is InChI=1S/C9H17BrN2/c1-4-9(10)8-12(5-2)7-6-11-3/h6-8,11H,4-5H2,1-3H3/b7-6-,9-8+. The molecule has 0 radical (unpaired) electrons. The molecule has 0 aromatic carbocycles. The average Bonchev–Trinajstić information content (AvgIpc) is 2.11. The van der Waals surface area contributed by atoms with E-state index in [1.807, 2.05) is 19.4 Å². The molecular formula is C9H17BrN2. The maximum atomic E-state index is 3.48. The summed E-state index contributed by atoms with van der Waals surface area (Å²) in [5.41, 5.74) is 0. The summed E-state index contributed by atoms with van der Waals surface area (Å²) in [5, 5.41) is 2.96. The Balaban J connectivity index is 4.07. The minimum Gasteiger partial charge on any atom is -0.393 e. The second-order valence-electron chi connectivity index (χ2n) is 2.36. The molecule has 0 atom stereocenters. The van der Waals surface area contributed by atoms with E-state index in [9.17, 15) is 0 Å². The molecule has 0 aliphatic heterocycles. The van der Waals surface area contributed by atoms with Crippen LogP contribution in [-0.4, -0.2) is 18.5 Å². The van der Waals surface area contributed by atoms with Crippen LogP contribution in [0.3, 0.4) is 0 Å². The molecular weight excluding hydrogens is 216 g/mol. The third-order valence-corrected chi connectivity index (χ3v) is 2.21. The van der Waals surface area contributed by atoms with E-state index in [1.165, 1.54) is 4.48 Å². The Bertz CT molecular complexity index is 164. The van der Waals surface area contributed by atoms with Crippen LogP contribution in [0.5, 0.6) is 0 Å². The fraction of sp³-hybridized carbons (Fsp3) is 0.556. The van der Waals surface area contributed by atoms with Gasteiger partial charge in [-0.05, 0) is 13.3 Å². The maximum Gasteiger partial charge on any atom is 0.0192 e. The first-order valence-corrected chi connectivity index (χ1v) is 4.99. The van der Waals surface area contributed by atoms with Gasteiger partial charge in [0, 0.05) is 36.7 Å². The monoisotopic (exact) mass is 232 g/mol. The van der Waals surface area contributed by atoms with Gasteiger partial charge in [-0.2, -0.15) is 0 Å². The van der Waals surface area contributed by atoms with Gasteiger partial charge in [-0.3, -0.25) is 0 Å². The lowest BCUT2D eigenvalue weighted by molar-refractivity contribution is 0.531. The number of nitrogens with one attached hydrogen (secondary N) is 1. The van der Waals surface area contributed by atoms with Crippen LogP contribution in [0.4, 0.5) is 0 Å². The minimum atomic E-state index is 0.979. The van der Waals surface area contributed by atoms with Crippen LogP contribution in [-0.2, 0) is 0 Å². The molecule has 2 nitrogen and oxygen atoms in total. The van der Waals surface area contributed by atoms with Gasteiger partial charge in [-0.15, -0.1) is 0 Å². The van der Waals surface area contributed by atoms with Crippen LogP contribution in [0.2, 0.25) is 0 Å². The van der Waals surface area contributed by atoms with Crippen LogP contribution < -0.4 is 5.32 Å². The van der Waals surface area contributed by atoms with Crippen LogP contribution in [0.1, 0.15) is 20.3 Å². The molecule has 0 fully saturated rings. The molecule has 0 saturated heterocycles. The Labute approximate surface area is 83.5 Å². The highest BCUT2D eigenvalue weighted by Gasteiger charge is 1.91. The summed E-state index contributed by atoms with van der Waals surface area (Å²) >= 11 is 3.48. The average molecular weight is 233 g/mol. The van der Waals surface area contributed by atoms with Crippen molar-refractivity contribution in [3.05, 3.63) is 23.1 Å². The largest absolute Gasteiger partial charge is 0.393 e. The SMILES string of the molecule is CC/C(Br)=C\N(/C=C\NC)CC. The lowest BCUT2D eigenvalue weighted by atomic mass is 10.4. The molecule has 0 rings (SSSR count). The highest BCUT2D eigenvalue weighted by Crippen LogP contribution is 2.10. The Kier molecular flexibility index (Phi) is 6.96. The number of hydrogen-bond acceptors (Lipinski definition) is 2. The molecule has 0 aliphatic rings. The predicted octanol–water partition coefficient (Wildman–Crippen LogP) is 2.65. The van der Waals surface area contributed by atoms with Gasteiger partial charge in [0.1, 0.15) is 0 Å². The summed E-state index contributed by atoms with van der Waals surface area (Å²) in [7, 11) is 1.89. The number of halogens is 1. The zero-order valence-electron chi connectivity index (χ0n) is 7.97. The van der Waals surface area contributed by atoms with E-state index in [1.54, 1.807) is 0 Å². The minimum absolute atomic E-state index is 0.979. The van der Waals surface area contributed by atoms with Gasteiger partial charge in [0.15, 0.2) is 0 Å². The molecule has 0 bridgehead atoms. The second-order valence-corrected chi connectivity index (χ2v) is 3.38. The van der Waals surface area contributed by atoms with Crippen molar-refractivity contribution in [3.63, 3.8) is 0 Å². The van der Waals surface area contributed by atoms with Crippen molar-refractivity contribution in [2.75, 3.05) is 13.6 Å². The van der Waals surface area contributed by atoms with Crippen molar-refractivity contribution in [2.45, 2.75) is 20.3 Å². The van der Waals surface area contributed by atoms with Crippen LogP contribution >= 0.6 is 15.9 Å². The molecule has 0 unspecified atom stereocenters. The fourth-order valence-corrected chi connectivity index (χ4v) is 0.944. The third-order valence-electron chi connectivity index (χ3n) is 1.44. The molecule has 1 N–H and O–H groups in total. The molecule has 70 valence electrons. The van der Waals surface area contributed by atoms with Crippen LogP contribution in [0.15, 0.2) is 23.1 Å². The van der Waals surface area contributed by atoms with Gasteiger partial charge in [-0.25, -0.2) is 0 Å². The van der Waals surface area contributed by atoms with Crippen molar-refractivity contribution >= 4 is 15.9 Å². The summed E-state index contributed by atoms with van der Waals surface area (Å²) in [6, 6.07) is 0. The van der Waals surface area contributed by atoms with Crippen molar-refractivity contribution in [3.8, 4) is 0 Å². The molecule has 3 heteroatoms. The van der Waals surface area contributed by atoms with Gasteiger partial charge < -0.3 is 10.2 Å². The summed E-state index contributed by atoms with van der Waals surface area (Å²) < 4.78 is 1.21. The summed E-state index contributed by atoms with van der Waals surface area (Å²) in [6.45, 7) is 5.22. The quantitative estimate of drug-likeness (QED) is 0.785. The fourth-order valence-electron chi connectivity index (χ4n) is 0.681. The van der Waals surface area contributed by atoms with E-state index in [2.05, 4.69) is 46.2 Å². The van der Waals surface area contributed by atoms with Crippen LogP contribution in [0, 0.1) is 0 Å². The first-order valence-electron chi connectivity index (χ1n) is 4.20.